The number of nitrogens with one attached hydrogen (secondary N) is 1. The first-order chi connectivity index (χ1) is 11.9. The minimum Gasteiger partial charge on any atom is -0.494 e. The van der Waals surface area contributed by atoms with Crippen molar-refractivity contribution in [3.05, 3.63) is 35.5 Å². The predicted molar refractivity (Wildman–Crippen MR) is 94.1 cm³/mol. The molecule has 0 aromatic heterocycles. The Morgan fingerprint density at radius 2 is 1.92 bits per heavy atom. The van der Waals surface area contributed by atoms with Gasteiger partial charge in [-0.2, -0.15) is 0 Å². The fourth-order valence-corrected chi connectivity index (χ4v) is 2.93. The molecule has 1 heterocycles. The van der Waals surface area contributed by atoms with Gasteiger partial charge in [-0.05, 0) is 57.5 Å². The van der Waals surface area contributed by atoms with Gasteiger partial charge in [0.05, 0.1) is 6.61 Å². The summed E-state index contributed by atoms with van der Waals surface area (Å²) in [4.78, 5) is 24.1. The summed E-state index contributed by atoms with van der Waals surface area (Å²) in [6.45, 7) is 4.51. The van der Waals surface area contributed by atoms with E-state index in [9.17, 15) is 9.59 Å². The summed E-state index contributed by atoms with van der Waals surface area (Å²) in [5.74, 6) is -1.81. The van der Waals surface area contributed by atoms with Gasteiger partial charge in [-0.1, -0.05) is 6.07 Å². The Hall–Kier alpha value is -2.54. The molecule has 1 aromatic rings. The molecule has 1 fully saturated rings. The highest BCUT2D eigenvalue weighted by Gasteiger charge is 2.22. The van der Waals surface area contributed by atoms with E-state index in [1.807, 2.05) is 19.1 Å². The van der Waals surface area contributed by atoms with Crippen molar-refractivity contribution in [3.63, 3.8) is 0 Å². The van der Waals surface area contributed by atoms with E-state index in [0.717, 1.165) is 43.4 Å². The molecule has 0 amide bonds. The fourth-order valence-electron chi connectivity index (χ4n) is 2.93. The van der Waals surface area contributed by atoms with Crippen LogP contribution in [0.2, 0.25) is 0 Å². The fraction of sp³-hybridized carbons (Fsp3) is 0.444. The van der Waals surface area contributed by atoms with Gasteiger partial charge in [-0.15, -0.1) is 0 Å². The summed E-state index contributed by atoms with van der Waals surface area (Å²) in [7, 11) is 2.11. The highest BCUT2D eigenvalue weighted by Crippen LogP contribution is 2.35. The van der Waals surface area contributed by atoms with E-state index in [1.54, 1.807) is 6.07 Å². The van der Waals surface area contributed by atoms with Crippen LogP contribution in [0.25, 0.3) is 0 Å². The van der Waals surface area contributed by atoms with Crippen LogP contribution in [0.3, 0.4) is 0 Å². The maximum absolute atomic E-state index is 10.9. The number of hydrogen-bond acceptors (Lipinski definition) is 5. The Labute approximate surface area is 146 Å². The SMILES string of the molecule is CCOc1cc(NC=C(C(=O)O)C(=O)O)ccc1C1CCN(C)CC1. The van der Waals surface area contributed by atoms with Crippen LogP contribution in [0.1, 0.15) is 31.2 Å². The Balaban J connectivity index is 2.21. The molecule has 0 unspecified atom stereocenters. The zero-order valence-corrected chi connectivity index (χ0v) is 14.5. The summed E-state index contributed by atoms with van der Waals surface area (Å²) in [5, 5.41) is 20.5. The second kappa shape index (κ2) is 8.53. The number of likely N-dealkylation sites (tertiary alicyclic amines) is 1. The third-order valence-electron chi connectivity index (χ3n) is 4.32. The number of carbonyl (C=O) groups is 2. The van der Waals surface area contributed by atoms with E-state index in [0.29, 0.717) is 18.2 Å². The number of anilines is 1. The first kappa shape index (κ1) is 18.8. The number of ether oxygens (including phenoxy) is 1. The maximum atomic E-state index is 10.9. The van der Waals surface area contributed by atoms with Crippen LogP contribution in [0, 0.1) is 0 Å². The van der Waals surface area contributed by atoms with Crippen molar-refractivity contribution in [3.8, 4) is 5.75 Å². The zero-order chi connectivity index (χ0) is 18.4. The first-order valence-electron chi connectivity index (χ1n) is 8.31. The summed E-state index contributed by atoms with van der Waals surface area (Å²) < 4.78 is 5.75. The quantitative estimate of drug-likeness (QED) is 0.395. The van der Waals surface area contributed by atoms with Crippen molar-refractivity contribution in [1.29, 1.82) is 0 Å². The van der Waals surface area contributed by atoms with Gasteiger partial charge >= 0.3 is 11.9 Å². The molecule has 1 aliphatic rings. The van der Waals surface area contributed by atoms with Crippen LogP contribution < -0.4 is 10.1 Å². The Bertz CT molecular complexity index is 647. The third-order valence-corrected chi connectivity index (χ3v) is 4.32. The van der Waals surface area contributed by atoms with Gasteiger partial charge in [0, 0.05) is 18.0 Å². The molecule has 0 bridgehead atoms. The number of aliphatic carboxylic acids is 2. The number of benzene rings is 1. The van der Waals surface area contributed by atoms with Gasteiger partial charge in [0.2, 0.25) is 0 Å². The molecule has 0 radical (unpaired) electrons. The number of carboxylic acids is 2. The van der Waals surface area contributed by atoms with E-state index in [-0.39, 0.29) is 0 Å². The minimum atomic E-state index is -1.49. The van der Waals surface area contributed by atoms with Crippen LogP contribution in [0.4, 0.5) is 5.69 Å². The highest BCUT2D eigenvalue weighted by atomic mass is 16.5. The minimum absolute atomic E-state index is 0.427. The lowest BCUT2D eigenvalue weighted by atomic mass is 9.89. The molecule has 7 heteroatoms. The summed E-state index contributed by atoms with van der Waals surface area (Å²) in [5.41, 5.74) is 0.999. The standard InChI is InChI=1S/C18H24N2O5/c1-3-25-16-10-13(19-11-15(17(21)22)18(23)24)4-5-14(16)12-6-8-20(2)9-7-12/h4-5,10-12,19H,3,6-9H2,1-2H3,(H,21,22)(H,23,24). The molecule has 136 valence electrons. The molecule has 1 aromatic carbocycles. The lowest BCUT2D eigenvalue weighted by molar-refractivity contribution is -0.140. The topological polar surface area (TPSA) is 99.1 Å². The molecule has 0 aliphatic carbocycles. The molecule has 0 atom stereocenters. The molecular weight excluding hydrogens is 324 g/mol. The average molecular weight is 348 g/mol. The molecule has 1 saturated heterocycles. The molecule has 1 aliphatic heterocycles. The van der Waals surface area contributed by atoms with Gasteiger partial charge in [0.25, 0.3) is 0 Å². The smallest absolute Gasteiger partial charge is 0.344 e. The van der Waals surface area contributed by atoms with E-state index < -0.39 is 17.5 Å². The first-order valence-corrected chi connectivity index (χ1v) is 8.31. The van der Waals surface area contributed by atoms with E-state index in [2.05, 4.69) is 17.3 Å². The number of carboxylic acid groups (broad SMARTS) is 2. The average Bonchev–Trinajstić information content (AvgIpc) is 2.56. The van der Waals surface area contributed by atoms with Gasteiger partial charge in [0.15, 0.2) is 5.57 Å². The van der Waals surface area contributed by atoms with Crippen molar-refractivity contribution in [2.45, 2.75) is 25.7 Å². The van der Waals surface area contributed by atoms with Gasteiger partial charge in [0.1, 0.15) is 5.75 Å². The van der Waals surface area contributed by atoms with Crippen LogP contribution in [-0.4, -0.2) is 53.8 Å². The van der Waals surface area contributed by atoms with E-state index in [4.69, 9.17) is 14.9 Å². The van der Waals surface area contributed by atoms with Gasteiger partial charge < -0.3 is 25.2 Å². The summed E-state index contributed by atoms with van der Waals surface area (Å²) >= 11 is 0. The second-order valence-electron chi connectivity index (χ2n) is 6.08. The van der Waals surface area contributed by atoms with E-state index >= 15 is 0 Å². The van der Waals surface area contributed by atoms with Crippen molar-refractivity contribution >= 4 is 17.6 Å². The van der Waals surface area contributed by atoms with Gasteiger partial charge in [-0.3, -0.25) is 0 Å². The molecule has 7 nitrogen and oxygen atoms in total. The molecule has 0 spiro atoms. The predicted octanol–water partition coefficient (Wildman–Crippen LogP) is 2.36. The summed E-state index contributed by atoms with van der Waals surface area (Å²) in [6.07, 6.45) is 3.10. The Morgan fingerprint density at radius 1 is 1.28 bits per heavy atom. The molecule has 3 N–H and O–H groups in total. The molecule has 25 heavy (non-hydrogen) atoms. The highest BCUT2D eigenvalue weighted by molar-refractivity contribution is 6.12. The van der Waals surface area contributed by atoms with Crippen molar-refractivity contribution in [2.24, 2.45) is 0 Å². The molecular formula is C18H24N2O5. The van der Waals surface area contributed by atoms with Crippen LogP contribution >= 0.6 is 0 Å². The number of rotatable bonds is 7. The third kappa shape index (κ3) is 4.96. The van der Waals surface area contributed by atoms with Crippen LogP contribution in [0.15, 0.2) is 30.0 Å². The van der Waals surface area contributed by atoms with E-state index in [1.165, 1.54) is 0 Å². The summed E-state index contributed by atoms with van der Waals surface area (Å²) in [6, 6.07) is 5.57. The monoisotopic (exact) mass is 348 g/mol. The molecule has 2 rings (SSSR count). The second-order valence-corrected chi connectivity index (χ2v) is 6.08. The zero-order valence-electron chi connectivity index (χ0n) is 14.5. The lowest BCUT2D eigenvalue weighted by Crippen LogP contribution is -2.29. The van der Waals surface area contributed by atoms with Crippen molar-refractivity contribution in [1.82, 2.24) is 4.90 Å². The Morgan fingerprint density at radius 3 is 2.48 bits per heavy atom. The lowest BCUT2D eigenvalue weighted by Gasteiger charge is -2.30. The van der Waals surface area contributed by atoms with Crippen molar-refractivity contribution in [2.75, 3.05) is 32.1 Å². The van der Waals surface area contributed by atoms with Crippen molar-refractivity contribution < 1.29 is 24.5 Å². The van der Waals surface area contributed by atoms with Gasteiger partial charge in [-0.25, -0.2) is 9.59 Å². The number of piperidine rings is 1. The maximum Gasteiger partial charge on any atom is 0.344 e. The number of nitrogens with zero attached hydrogens (tertiary/aromatic N) is 1. The largest absolute Gasteiger partial charge is 0.494 e. The number of hydrogen-bond donors (Lipinski definition) is 3. The Kier molecular flexibility index (Phi) is 6.41. The normalized spacial score (nSPS) is 15.4. The van der Waals surface area contributed by atoms with Crippen LogP contribution in [-0.2, 0) is 9.59 Å². The van der Waals surface area contributed by atoms with Crippen LogP contribution in [0.5, 0.6) is 5.75 Å². The molecule has 0 saturated carbocycles.